The Morgan fingerprint density at radius 2 is 2.25 bits per heavy atom. The van der Waals surface area contributed by atoms with Crippen LogP contribution in [0.4, 0.5) is 0 Å². The maximum absolute atomic E-state index is 5.48. The number of fused-ring (bicyclic) bond motifs is 1. The van der Waals surface area contributed by atoms with Gasteiger partial charge >= 0.3 is 0 Å². The lowest BCUT2D eigenvalue weighted by molar-refractivity contribution is 0.140. The van der Waals surface area contributed by atoms with Crippen LogP contribution in [0.5, 0.6) is 0 Å². The van der Waals surface area contributed by atoms with E-state index in [0.29, 0.717) is 0 Å². The molecule has 0 aromatic rings. The second-order valence-electron chi connectivity index (χ2n) is 4.54. The lowest BCUT2D eigenvalue weighted by Crippen LogP contribution is -2.35. The Hall–Kier alpha value is -0.0800. The van der Waals surface area contributed by atoms with Crippen molar-refractivity contribution in [2.45, 2.75) is 26.3 Å². The molecule has 2 rings (SSSR count). The molecular weight excluding hydrogens is 150 g/mol. The van der Waals surface area contributed by atoms with Gasteiger partial charge in [0.05, 0.1) is 13.2 Å². The van der Waals surface area contributed by atoms with Crippen molar-refractivity contribution in [2.24, 2.45) is 11.8 Å². The second kappa shape index (κ2) is 3.35. The summed E-state index contributed by atoms with van der Waals surface area (Å²) in [7, 11) is 0. The Morgan fingerprint density at radius 3 is 3.00 bits per heavy atom. The molecular formula is C10H19NO. The average molecular weight is 169 g/mol. The molecule has 70 valence electrons. The summed E-state index contributed by atoms with van der Waals surface area (Å²) >= 11 is 0. The summed E-state index contributed by atoms with van der Waals surface area (Å²) < 4.78 is 5.48. The molecule has 0 bridgehead atoms. The molecule has 0 saturated carbocycles. The largest absolute Gasteiger partial charge is 0.379 e. The predicted octanol–water partition coefficient (Wildman–Crippen LogP) is 1.36. The van der Waals surface area contributed by atoms with Gasteiger partial charge in [-0.25, -0.2) is 0 Å². The van der Waals surface area contributed by atoms with E-state index in [2.05, 4.69) is 18.7 Å². The van der Waals surface area contributed by atoms with E-state index in [9.17, 15) is 0 Å². The molecule has 2 atom stereocenters. The van der Waals surface area contributed by atoms with Gasteiger partial charge in [0.15, 0.2) is 0 Å². The molecule has 0 N–H and O–H groups in total. The van der Waals surface area contributed by atoms with E-state index in [4.69, 9.17) is 4.74 Å². The van der Waals surface area contributed by atoms with Gasteiger partial charge in [0.25, 0.3) is 0 Å². The summed E-state index contributed by atoms with van der Waals surface area (Å²) in [6.45, 7) is 9.14. The van der Waals surface area contributed by atoms with Crippen LogP contribution in [-0.2, 0) is 4.74 Å². The molecule has 0 radical (unpaired) electrons. The monoisotopic (exact) mass is 169 g/mol. The van der Waals surface area contributed by atoms with Gasteiger partial charge < -0.3 is 4.74 Å². The third kappa shape index (κ3) is 1.50. The minimum Gasteiger partial charge on any atom is -0.379 e. The molecule has 2 heterocycles. The van der Waals surface area contributed by atoms with Crippen LogP contribution in [0.15, 0.2) is 0 Å². The van der Waals surface area contributed by atoms with Crippen LogP contribution < -0.4 is 0 Å². The Labute approximate surface area is 74.9 Å². The molecule has 2 aliphatic heterocycles. The van der Waals surface area contributed by atoms with E-state index >= 15 is 0 Å². The van der Waals surface area contributed by atoms with Gasteiger partial charge in [-0.2, -0.15) is 0 Å². The number of likely N-dealkylation sites (tertiary alicyclic amines) is 1. The first-order valence-corrected chi connectivity index (χ1v) is 5.09. The van der Waals surface area contributed by atoms with E-state index in [1.807, 2.05) is 0 Å². The van der Waals surface area contributed by atoms with Gasteiger partial charge in [-0.3, -0.25) is 4.90 Å². The van der Waals surface area contributed by atoms with Crippen molar-refractivity contribution in [3.63, 3.8) is 0 Å². The minimum atomic E-state index is 0.757. The quantitative estimate of drug-likeness (QED) is 0.619. The van der Waals surface area contributed by atoms with Crippen molar-refractivity contribution in [2.75, 3.05) is 26.3 Å². The summed E-state index contributed by atoms with van der Waals surface area (Å²) in [4.78, 5) is 2.61. The van der Waals surface area contributed by atoms with Gasteiger partial charge in [-0.1, -0.05) is 13.8 Å². The Balaban J connectivity index is 1.91. The van der Waals surface area contributed by atoms with Crippen LogP contribution in [0.2, 0.25) is 0 Å². The van der Waals surface area contributed by atoms with Gasteiger partial charge in [-0.05, 0) is 18.9 Å². The molecule has 2 nitrogen and oxygen atoms in total. The average Bonchev–Trinajstić information content (AvgIpc) is 2.52. The van der Waals surface area contributed by atoms with E-state index in [-0.39, 0.29) is 0 Å². The van der Waals surface area contributed by atoms with Crippen LogP contribution in [0, 0.1) is 11.8 Å². The topological polar surface area (TPSA) is 12.5 Å². The molecule has 2 aliphatic rings. The van der Waals surface area contributed by atoms with Crippen LogP contribution in [0.25, 0.3) is 0 Å². The SMILES string of the molecule is CC(C)CN1CC[C@H]2COC[C@@H]21. The summed E-state index contributed by atoms with van der Waals surface area (Å²) in [5.41, 5.74) is 0. The van der Waals surface area contributed by atoms with Crippen molar-refractivity contribution in [3.8, 4) is 0 Å². The Kier molecular flexibility index (Phi) is 2.37. The first-order chi connectivity index (χ1) is 5.77. The number of nitrogens with zero attached hydrogens (tertiary/aromatic N) is 1. The molecule has 12 heavy (non-hydrogen) atoms. The van der Waals surface area contributed by atoms with Crippen molar-refractivity contribution in [1.29, 1.82) is 0 Å². The maximum atomic E-state index is 5.48. The van der Waals surface area contributed by atoms with Gasteiger partial charge in [0.1, 0.15) is 0 Å². The highest BCUT2D eigenvalue weighted by molar-refractivity contribution is 4.90. The maximum Gasteiger partial charge on any atom is 0.0625 e. The molecule has 2 heteroatoms. The highest BCUT2D eigenvalue weighted by Crippen LogP contribution is 2.29. The van der Waals surface area contributed by atoms with E-state index in [1.165, 1.54) is 19.5 Å². The molecule has 2 saturated heterocycles. The van der Waals surface area contributed by atoms with E-state index < -0.39 is 0 Å². The van der Waals surface area contributed by atoms with Gasteiger partial charge in [-0.15, -0.1) is 0 Å². The molecule has 0 amide bonds. The molecule has 2 fully saturated rings. The highest BCUT2D eigenvalue weighted by Gasteiger charge is 2.38. The van der Waals surface area contributed by atoms with Gasteiger partial charge in [0, 0.05) is 18.5 Å². The summed E-state index contributed by atoms with van der Waals surface area (Å²) in [6.07, 6.45) is 1.36. The molecule has 0 aromatic heterocycles. The van der Waals surface area contributed by atoms with Crippen LogP contribution in [0.3, 0.4) is 0 Å². The van der Waals surface area contributed by atoms with Crippen LogP contribution >= 0.6 is 0 Å². The van der Waals surface area contributed by atoms with Crippen molar-refractivity contribution in [3.05, 3.63) is 0 Å². The third-order valence-electron chi connectivity index (χ3n) is 3.02. The second-order valence-corrected chi connectivity index (χ2v) is 4.54. The number of ether oxygens (including phenoxy) is 1. The predicted molar refractivity (Wildman–Crippen MR) is 49.1 cm³/mol. The molecule has 0 aliphatic carbocycles. The molecule has 0 aromatic carbocycles. The lowest BCUT2D eigenvalue weighted by atomic mass is 10.0. The fraction of sp³-hybridized carbons (Fsp3) is 1.00. The minimum absolute atomic E-state index is 0.757. The van der Waals surface area contributed by atoms with Crippen LogP contribution in [0.1, 0.15) is 20.3 Å². The number of rotatable bonds is 2. The zero-order valence-electron chi connectivity index (χ0n) is 8.12. The van der Waals surface area contributed by atoms with E-state index in [0.717, 1.165) is 31.1 Å². The van der Waals surface area contributed by atoms with Crippen molar-refractivity contribution in [1.82, 2.24) is 4.90 Å². The van der Waals surface area contributed by atoms with Crippen LogP contribution in [-0.4, -0.2) is 37.2 Å². The first kappa shape index (κ1) is 8.52. The van der Waals surface area contributed by atoms with Crippen molar-refractivity contribution >= 4 is 0 Å². The zero-order chi connectivity index (χ0) is 8.55. The first-order valence-electron chi connectivity index (χ1n) is 5.09. The Bertz CT molecular complexity index is 158. The summed E-state index contributed by atoms with van der Waals surface area (Å²) in [5, 5.41) is 0. The summed E-state index contributed by atoms with van der Waals surface area (Å²) in [6, 6.07) is 0.757. The zero-order valence-corrected chi connectivity index (χ0v) is 8.12. The molecule has 0 unspecified atom stereocenters. The fourth-order valence-corrected chi connectivity index (χ4v) is 2.46. The smallest absolute Gasteiger partial charge is 0.0625 e. The normalized spacial score (nSPS) is 36.2. The summed E-state index contributed by atoms with van der Waals surface area (Å²) in [5.74, 6) is 1.65. The number of hydrogen-bond acceptors (Lipinski definition) is 2. The van der Waals surface area contributed by atoms with Gasteiger partial charge in [0.2, 0.25) is 0 Å². The molecule has 0 spiro atoms. The van der Waals surface area contributed by atoms with Crippen molar-refractivity contribution < 1.29 is 4.74 Å². The standard InChI is InChI=1S/C10H19NO/c1-8(2)5-11-4-3-9-6-12-7-10(9)11/h8-10H,3-7H2,1-2H3/t9-,10-/m0/s1. The highest BCUT2D eigenvalue weighted by atomic mass is 16.5. The fourth-order valence-electron chi connectivity index (χ4n) is 2.46. The lowest BCUT2D eigenvalue weighted by Gasteiger charge is -2.24. The van der Waals surface area contributed by atoms with E-state index in [1.54, 1.807) is 0 Å². The number of hydrogen-bond donors (Lipinski definition) is 0. The third-order valence-corrected chi connectivity index (χ3v) is 3.02. The Morgan fingerprint density at radius 1 is 1.42 bits per heavy atom.